The first-order valence-electron chi connectivity index (χ1n) is 10.2. The number of rotatable bonds is 6. The van der Waals surface area contributed by atoms with E-state index in [4.69, 9.17) is 4.74 Å². The predicted molar refractivity (Wildman–Crippen MR) is 126 cm³/mol. The van der Waals surface area contributed by atoms with Crippen LogP contribution >= 0.6 is 11.3 Å². The first-order chi connectivity index (χ1) is 15.4. The van der Waals surface area contributed by atoms with Gasteiger partial charge in [-0.25, -0.2) is 4.79 Å². The van der Waals surface area contributed by atoms with E-state index in [1.807, 2.05) is 37.2 Å². The second kappa shape index (κ2) is 9.25. The van der Waals surface area contributed by atoms with Crippen molar-refractivity contribution < 1.29 is 14.9 Å². The molecule has 1 fully saturated rings. The molecule has 3 heterocycles. The predicted octanol–water partition coefficient (Wildman–Crippen LogP) is 2.14. The maximum absolute atomic E-state index is 12.3. The summed E-state index contributed by atoms with van der Waals surface area (Å²) in [5.41, 5.74) is 1.41. The summed E-state index contributed by atoms with van der Waals surface area (Å²) in [6.07, 6.45) is 2.66. The molecule has 0 bridgehead atoms. The summed E-state index contributed by atoms with van der Waals surface area (Å²) in [6, 6.07) is 12.3. The van der Waals surface area contributed by atoms with Crippen LogP contribution in [0.25, 0.3) is 22.6 Å². The van der Waals surface area contributed by atoms with E-state index in [2.05, 4.69) is 29.2 Å². The molecule has 3 atom stereocenters. The smallest absolute Gasteiger partial charge is 0.330 e. The molecule has 3 N–H and O–H groups in total. The fraction of sp³-hybridized carbons (Fsp3) is 0.304. The summed E-state index contributed by atoms with van der Waals surface area (Å²) in [5.74, 6) is 0. The third-order valence-electron chi connectivity index (χ3n) is 5.41. The van der Waals surface area contributed by atoms with Gasteiger partial charge in [0.1, 0.15) is 12.3 Å². The summed E-state index contributed by atoms with van der Waals surface area (Å²) in [6.45, 7) is -0.346. The molecule has 4 rings (SSSR count). The molecule has 1 aliphatic heterocycles. The Morgan fingerprint density at radius 2 is 1.94 bits per heavy atom. The largest absolute Gasteiger partial charge is 0.394 e. The summed E-state index contributed by atoms with van der Waals surface area (Å²) < 4.78 is 6.78. The van der Waals surface area contributed by atoms with Crippen molar-refractivity contribution in [3.63, 3.8) is 0 Å². The van der Waals surface area contributed by atoms with E-state index in [1.54, 1.807) is 17.4 Å². The lowest BCUT2D eigenvalue weighted by Crippen LogP contribution is -2.33. The fourth-order valence-corrected chi connectivity index (χ4v) is 4.49. The molecule has 8 nitrogen and oxygen atoms in total. The monoisotopic (exact) mass is 455 g/mol. The lowest BCUT2D eigenvalue weighted by molar-refractivity contribution is -0.0459. The van der Waals surface area contributed by atoms with Gasteiger partial charge in [0, 0.05) is 42.2 Å². The average Bonchev–Trinajstić information content (AvgIpc) is 3.39. The molecule has 168 valence electrons. The van der Waals surface area contributed by atoms with Crippen molar-refractivity contribution in [3.8, 4) is 10.4 Å². The first kappa shape index (κ1) is 22.2. The Kier molecular flexibility index (Phi) is 6.43. The van der Waals surface area contributed by atoms with Crippen LogP contribution in [0.2, 0.25) is 0 Å². The van der Waals surface area contributed by atoms with Crippen molar-refractivity contribution in [1.29, 1.82) is 0 Å². The fourth-order valence-electron chi connectivity index (χ4n) is 3.58. The number of thiophene rings is 1. The zero-order valence-electron chi connectivity index (χ0n) is 17.8. The van der Waals surface area contributed by atoms with E-state index in [-0.39, 0.29) is 13.0 Å². The van der Waals surface area contributed by atoms with Crippen LogP contribution in [0.4, 0.5) is 5.69 Å². The molecular formula is C23H25N3O5S. The topological polar surface area (TPSA) is 108 Å². The molecule has 32 heavy (non-hydrogen) atoms. The summed E-state index contributed by atoms with van der Waals surface area (Å²) in [7, 11) is 4.00. The molecule has 0 aliphatic carbocycles. The highest BCUT2D eigenvalue weighted by molar-refractivity contribution is 7.16. The molecule has 0 spiro atoms. The normalized spacial score (nSPS) is 20.8. The molecule has 3 aromatic rings. The van der Waals surface area contributed by atoms with E-state index >= 15 is 0 Å². The molecule has 0 radical (unpaired) electrons. The van der Waals surface area contributed by atoms with E-state index < -0.39 is 29.7 Å². The summed E-state index contributed by atoms with van der Waals surface area (Å²) in [5, 5.41) is 19.2. The van der Waals surface area contributed by atoms with Crippen molar-refractivity contribution in [1.82, 2.24) is 9.55 Å². The second-order valence-electron chi connectivity index (χ2n) is 7.84. The SMILES string of the molecule is CN(C)c1ccc(-c2ccc(/C=C/c3cn([C@H]4C[C@H](O)[C@@H](CO)O4)c(=O)[nH]c3=O)s2)cc1. The van der Waals surface area contributed by atoms with Crippen LogP contribution in [0.5, 0.6) is 0 Å². The number of anilines is 1. The van der Waals surface area contributed by atoms with Crippen molar-refractivity contribution >= 4 is 29.2 Å². The van der Waals surface area contributed by atoms with Gasteiger partial charge in [-0.05, 0) is 42.0 Å². The number of aromatic nitrogens is 2. The zero-order chi connectivity index (χ0) is 22.8. The van der Waals surface area contributed by atoms with Gasteiger partial charge < -0.3 is 19.8 Å². The highest BCUT2D eigenvalue weighted by Crippen LogP contribution is 2.30. The molecule has 1 aromatic carbocycles. The van der Waals surface area contributed by atoms with Gasteiger partial charge in [0.15, 0.2) is 0 Å². The van der Waals surface area contributed by atoms with Gasteiger partial charge in [0.05, 0.1) is 18.3 Å². The number of hydrogen-bond donors (Lipinski definition) is 3. The number of hydrogen-bond acceptors (Lipinski definition) is 7. The Labute approximate surface area is 188 Å². The number of aromatic amines is 1. The van der Waals surface area contributed by atoms with Crippen LogP contribution in [-0.4, -0.2) is 52.7 Å². The quantitative estimate of drug-likeness (QED) is 0.526. The van der Waals surface area contributed by atoms with Crippen LogP contribution in [0.3, 0.4) is 0 Å². The Bertz CT molecular complexity index is 1230. The van der Waals surface area contributed by atoms with Crippen molar-refractivity contribution in [2.24, 2.45) is 0 Å². The summed E-state index contributed by atoms with van der Waals surface area (Å²) in [4.78, 5) is 30.9. The third kappa shape index (κ3) is 4.61. The van der Waals surface area contributed by atoms with E-state index in [0.29, 0.717) is 5.56 Å². The third-order valence-corrected chi connectivity index (χ3v) is 6.51. The highest BCUT2D eigenvalue weighted by Gasteiger charge is 2.35. The highest BCUT2D eigenvalue weighted by atomic mass is 32.1. The number of ether oxygens (including phenoxy) is 1. The lowest BCUT2D eigenvalue weighted by Gasteiger charge is -2.14. The van der Waals surface area contributed by atoms with E-state index in [9.17, 15) is 19.8 Å². The minimum Gasteiger partial charge on any atom is -0.394 e. The lowest BCUT2D eigenvalue weighted by atomic mass is 10.1. The molecular weight excluding hydrogens is 430 g/mol. The standard InChI is InChI=1S/C23H25N3O5S/c1-25(2)16-6-3-14(4-7-16)20-10-9-17(32-20)8-5-15-12-26(23(30)24-22(15)29)21-11-18(28)19(13-27)31-21/h3-10,12,18-19,21,27-28H,11,13H2,1-2H3,(H,24,29,30)/b8-5+/t18-,19+,21+/m0/s1. The maximum atomic E-state index is 12.3. The van der Waals surface area contributed by atoms with Crippen LogP contribution in [-0.2, 0) is 4.74 Å². The first-order valence-corrected chi connectivity index (χ1v) is 11.0. The minimum absolute atomic E-state index is 0.154. The van der Waals surface area contributed by atoms with Crippen LogP contribution in [0, 0.1) is 0 Å². The van der Waals surface area contributed by atoms with E-state index in [0.717, 1.165) is 21.0 Å². The molecule has 1 aliphatic rings. The average molecular weight is 456 g/mol. The number of benzene rings is 1. The molecule has 0 unspecified atom stereocenters. The molecule has 1 saturated heterocycles. The number of nitrogens with one attached hydrogen (secondary N) is 1. The number of H-pyrrole nitrogens is 1. The summed E-state index contributed by atoms with van der Waals surface area (Å²) >= 11 is 1.59. The Morgan fingerprint density at radius 3 is 2.59 bits per heavy atom. The van der Waals surface area contributed by atoms with Gasteiger partial charge in [-0.1, -0.05) is 12.1 Å². The van der Waals surface area contributed by atoms with Gasteiger partial charge in [-0.3, -0.25) is 14.3 Å². The van der Waals surface area contributed by atoms with Crippen molar-refractivity contribution in [2.75, 3.05) is 25.6 Å². The number of aliphatic hydroxyl groups excluding tert-OH is 2. The Morgan fingerprint density at radius 1 is 1.19 bits per heavy atom. The number of aliphatic hydroxyl groups is 2. The van der Waals surface area contributed by atoms with Gasteiger partial charge in [-0.2, -0.15) is 0 Å². The van der Waals surface area contributed by atoms with Crippen molar-refractivity contribution in [3.05, 3.63) is 73.9 Å². The number of nitrogens with zero attached hydrogens (tertiary/aromatic N) is 2. The van der Waals surface area contributed by atoms with Gasteiger partial charge in [-0.15, -0.1) is 11.3 Å². The molecule has 2 aromatic heterocycles. The second-order valence-corrected chi connectivity index (χ2v) is 8.96. The maximum Gasteiger partial charge on any atom is 0.330 e. The van der Waals surface area contributed by atoms with Crippen LogP contribution in [0.15, 0.2) is 52.2 Å². The van der Waals surface area contributed by atoms with E-state index in [1.165, 1.54) is 10.8 Å². The molecule has 0 amide bonds. The zero-order valence-corrected chi connectivity index (χ0v) is 18.6. The van der Waals surface area contributed by atoms with Gasteiger partial charge in [0.2, 0.25) is 0 Å². The van der Waals surface area contributed by atoms with Gasteiger partial charge in [0.25, 0.3) is 5.56 Å². The minimum atomic E-state index is -0.876. The van der Waals surface area contributed by atoms with Crippen LogP contribution < -0.4 is 16.1 Å². The molecule has 9 heteroatoms. The van der Waals surface area contributed by atoms with Crippen molar-refractivity contribution in [2.45, 2.75) is 24.9 Å². The van der Waals surface area contributed by atoms with Gasteiger partial charge >= 0.3 is 5.69 Å². The van der Waals surface area contributed by atoms with Crippen LogP contribution in [0.1, 0.15) is 23.1 Å². The molecule has 0 saturated carbocycles. The Hall–Kier alpha value is -2.98. The Balaban J connectivity index is 1.55.